The number of morpholine rings is 1. The summed E-state index contributed by atoms with van der Waals surface area (Å²) in [6.45, 7) is 6.24. The molecule has 0 saturated carbocycles. The molecule has 2 heterocycles. The van der Waals surface area contributed by atoms with Gasteiger partial charge in [-0.15, -0.1) is 0 Å². The Morgan fingerprint density at radius 1 is 1.20 bits per heavy atom. The van der Waals surface area contributed by atoms with Crippen molar-refractivity contribution < 1.29 is 4.74 Å². The van der Waals surface area contributed by atoms with Crippen molar-refractivity contribution in [3.8, 4) is 0 Å². The molecule has 0 amide bonds. The van der Waals surface area contributed by atoms with E-state index in [1.165, 1.54) is 17.7 Å². The van der Waals surface area contributed by atoms with Gasteiger partial charge in [0, 0.05) is 47.7 Å². The highest BCUT2D eigenvalue weighted by molar-refractivity contribution is 9.10. The van der Waals surface area contributed by atoms with E-state index < -0.39 is 0 Å². The van der Waals surface area contributed by atoms with Crippen molar-refractivity contribution in [2.24, 2.45) is 0 Å². The van der Waals surface area contributed by atoms with Gasteiger partial charge in [0.25, 0.3) is 0 Å². The first-order valence-corrected chi connectivity index (χ1v) is 9.10. The molecule has 2 aliphatic rings. The Labute approximate surface area is 137 Å². The number of hydrogen-bond donors (Lipinski definition) is 0. The number of benzene rings is 1. The molecule has 1 aromatic carbocycles. The smallest absolute Gasteiger partial charge is 0.0594 e. The Morgan fingerprint density at radius 3 is 2.75 bits per heavy atom. The quantitative estimate of drug-likeness (QED) is 0.720. The van der Waals surface area contributed by atoms with Gasteiger partial charge in [-0.25, -0.2) is 0 Å². The lowest BCUT2D eigenvalue weighted by Gasteiger charge is -2.32. The van der Waals surface area contributed by atoms with Crippen LogP contribution in [0.5, 0.6) is 0 Å². The lowest BCUT2D eigenvalue weighted by atomic mass is 10.2. The second-order valence-corrected chi connectivity index (χ2v) is 6.92. The molecule has 0 aliphatic carbocycles. The number of halogens is 2. The third-order valence-electron chi connectivity index (χ3n) is 4.26. The minimum Gasteiger partial charge on any atom is -0.379 e. The topological polar surface area (TPSA) is 15.7 Å². The highest BCUT2D eigenvalue weighted by Gasteiger charge is 2.29. The normalized spacial score (nSPS) is 24.3. The van der Waals surface area contributed by atoms with E-state index in [1.807, 2.05) is 0 Å². The summed E-state index contributed by atoms with van der Waals surface area (Å²) in [5.41, 5.74) is 2.74. The third-order valence-corrected chi connectivity index (χ3v) is 5.35. The fourth-order valence-corrected chi connectivity index (χ4v) is 3.97. The molecule has 0 spiro atoms. The maximum atomic E-state index is 5.46. The Bertz CT molecular complexity index is 463. The number of hydrogen-bond acceptors (Lipinski definition) is 3. The number of ether oxygens (including phenoxy) is 1. The predicted octanol–water partition coefficient (Wildman–Crippen LogP) is 3.25. The van der Waals surface area contributed by atoms with Crippen LogP contribution in [-0.4, -0.2) is 50.3 Å². The average Bonchev–Trinajstić information content (AvgIpc) is 2.98. The SMILES string of the molecule is BrCc1ccc(Br)cc1N1CCC(N2CCOCC2)C1. The first-order valence-electron chi connectivity index (χ1n) is 7.19. The summed E-state index contributed by atoms with van der Waals surface area (Å²) >= 11 is 7.20. The maximum absolute atomic E-state index is 5.46. The van der Waals surface area contributed by atoms with Gasteiger partial charge >= 0.3 is 0 Å². The molecular formula is C15H20Br2N2O. The van der Waals surface area contributed by atoms with Crippen LogP contribution in [0.2, 0.25) is 0 Å². The first kappa shape index (κ1) is 14.8. The zero-order chi connectivity index (χ0) is 13.9. The van der Waals surface area contributed by atoms with Crippen molar-refractivity contribution in [1.82, 2.24) is 4.90 Å². The molecule has 1 atom stereocenters. The van der Waals surface area contributed by atoms with Gasteiger partial charge in [0.15, 0.2) is 0 Å². The molecule has 2 aliphatic heterocycles. The van der Waals surface area contributed by atoms with E-state index in [9.17, 15) is 0 Å². The molecule has 2 saturated heterocycles. The summed E-state index contributed by atoms with van der Waals surface area (Å²) in [5.74, 6) is 0. The van der Waals surface area contributed by atoms with Gasteiger partial charge in [0.05, 0.1) is 13.2 Å². The van der Waals surface area contributed by atoms with Crippen LogP contribution in [0, 0.1) is 0 Å². The molecule has 2 fully saturated rings. The van der Waals surface area contributed by atoms with Crippen molar-refractivity contribution >= 4 is 37.5 Å². The molecule has 3 rings (SSSR count). The fraction of sp³-hybridized carbons (Fsp3) is 0.600. The van der Waals surface area contributed by atoms with Crippen LogP contribution in [0.1, 0.15) is 12.0 Å². The van der Waals surface area contributed by atoms with E-state index in [4.69, 9.17) is 4.74 Å². The number of anilines is 1. The third kappa shape index (κ3) is 3.21. The number of rotatable bonds is 3. The number of nitrogens with zero attached hydrogens (tertiary/aromatic N) is 2. The second kappa shape index (κ2) is 6.77. The molecule has 3 nitrogen and oxygen atoms in total. The Hall–Kier alpha value is -0.100. The minimum absolute atomic E-state index is 0.682. The molecule has 0 aromatic heterocycles. The van der Waals surface area contributed by atoms with E-state index in [-0.39, 0.29) is 0 Å². The van der Waals surface area contributed by atoms with E-state index >= 15 is 0 Å². The molecule has 0 N–H and O–H groups in total. The Morgan fingerprint density at radius 2 is 2.00 bits per heavy atom. The van der Waals surface area contributed by atoms with Gasteiger partial charge in [-0.05, 0) is 24.1 Å². The van der Waals surface area contributed by atoms with E-state index in [0.29, 0.717) is 6.04 Å². The van der Waals surface area contributed by atoms with Crippen LogP contribution < -0.4 is 4.90 Å². The molecule has 110 valence electrons. The largest absolute Gasteiger partial charge is 0.379 e. The summed E-state index contributed by atoms with van der Waals surface area (Å²) in [6.07, 6.45) is 1.26. The van der Waals surface area contributed by atoms with Gasteiger partial charge in [-0.2, -0.15) is 0 Å². The highest BCUT2D eigenvalue weighted by Crippen LogP contribution is 2.30. The van der Waals surface area contributed by atoms with Crippen LogP contribution in [0.25, 0.3) is 0 Å². The van der Waals surface area contributed by atoms with Crippen LogP contribution in [0.4, 0.5) is 5.69 Å². The van der Waals surface area contributed by atoms with E-state index in [1.54, 1.807) is 0 Å². The maximum Gasteiger partial charge on any atom is 0.0594 e. The predicted molar refractivity (Wildman–Crippen MR) is 89.8 cm³/mol. The zero-order valence-electron chi connectivity index (χ0n) is 11.5. The summed E-state index contributed by atoms with van der Waals surface area (Å²) in [4.78, 5) is 5.12. The molecule has 20 heavy (non-hydrogen) atoms. The van der Waals surface area contributed by atoms with Crippen LogP contribution in [0.3, 0.4) is 0 Å². The van der Waals surface area contributed by atoms with Gasteiger partial charge in [-0.3, -0.25) is 4.90 Å². The molecule has 0 bridgehead atoms. The molecule has 1 aromatic rings. The zero-order valence-corrected chi connectivity index (χ0v) is 14.7. The van der Waals surface area contributed by atoms with Gasteiger partial charge in [0.2, 0.25) is 0 Å². The van der Waals surface area contributed by atoms with Crippen LogP contribution >= 0.6 is 31.9 Å². The van der Waals surface area contributed by atoms with Crippen LogP contribution in [0.15, 0.2) is 22.7 Å². The Kier molecular flexibility index (Phi) is 5.02. The lowest BCUT2D eigenvalue weighted by Crippen LogP contribution is -2.44. The number of alkyl halides is 1. The molecule has 5 heteroatoms. The van der Waals surface area contributed by atoms with Gasteiger partial charge in [-0.1, -0.05) is 37.9 Å². The fourth-order valence-electron chi connectivity index (χ4n) is 3.15. The van der Waals surface area contributed by atoms with Crippen molar-refractivity contribution in [1.29, 1.82) is 0 Å². The van der Waals surface area contributed by atoms with Crippen LogP contribution in [-0.2, 0) is 10.1 Å². The summed E-state index contributed by atoms with van der Waals surface area (Å²) < 4.78 is 6.61. The molecule has 0 radical (unpaired) electrons. The van der Waals surface area contributed by atoms with Gasteiger partial charge < -0.3 is 9.64 Å². The first-order chi connectivity index (χ1) is 9.78. The highest BCUT2D eigenvalue weighted by atomic mass is 79.9. The summed E-state index contributed by atoms with van der Waals surface area (Å²) in [6, 6.07) is 7.26. The second-order valence-electron chi connectivity index (χ2n) is 5.44. The van der Waals surface area contributed by atoms with Crippen molar-refractivity contribution in [2.45, 2.75) is 17.8 Å². The summed E-state index contributed by atoms with van der Waals surface area (Å²) in [7, 11) is 0. The minimum atomic E-state index is 0.682. The standard InChI is InChI=1S/C15H20Br2N2O/c16-10-12-1-2-13(17)9-15(12)19-4-3-14(11-19)18-5-7-20-8-6-18/h1-2,9,14H,3-8,10-11H2. The monoisotopic (exact) mass is 402 g/mol. The average molecular weight is 404 g/mol. The van der Waals surface area contributed by atoms with Crippen molar-refractivity contribution in [2.75, 3.05) is 44.3 Å². The van der Waals surface area contributed by atoms with Crippen molar-refractivity contribution in [3.05, 3.63) is 28.2 Å². The summed E-state index contributed by atoms with van der Waals surface area (Å²) in [5, 5.41) is 0.911. The Balaban J connectivity index is 1.71. The van der Waals surface area contributed by atoms with E-state index in [0.717, 1.165) is 49.2 Å². The van der Waals surface area contributed by atoms with E-state index in [2.05, 4.69) is 59.9 Å². The van der Waals surface area contributed by atoms with Gasteiger partial charge in [0.1, 0.15) is 0 Å². The molecule has 1 unspecified atom stereocenters. The molecular weight excluding hydrogens is 384 g/mol. The lowest BCUT2D eigenvalue weighted by molar-refractivity contribution is 0.0209. The van der Waals surface area contributed by atoms with Crippen molar-refractivity contribution in [3.63, 3.8) is 0 Å².